The molecule has 8 nitrogen and oxygen atoms in total. The summed E-state index contributed by atoms with van der Waals surface area (Å²) in [6.45, 7) is 3.78. The highest BCUT2D eigenvalue weighted by atomic mass is 32.2. The normalized spacial score (nSPS) is 11.5. The molecule has 0 aliphatic rings. The number of H-pyrrole nitrogens is 1. The van der Waals surface area contributed by atoms with Crippen LogP contribution >= 0.6 is 0 Å². The molecule has 0 saturated carbocycles. The van der Waals surface area contributed by atoms with Crippen molar-refractivity contribution in [3.8, 4) is 11.3 Å². The number of hydrogen-bond donors (Lipinski definition) is 3. The molecule has 0 atom stereocenters. The van der Waals surface area contributed by atoms with E-state index in [0.29, 0.717) is 11.3 Å². The van der Waals surface area contributed by atoms with Gasteiger partial charge < -0.3 is 11.1 Å². The van der Waals surface area contributed by atoms with Crippen molar-refractivity contribution in [3.63, 3.8) is 0 Å². The zero-order valence-electron chi connectivity index (χ0n) is 14.3. The molecule has 0 spiro atoms. The van der Waals surface area contributed by atoms with Gasteiger partial charge in [0.1, 0.15) is 16.5 Å². The third kappa shape index (κ3) is 3.36. The topological polar surface area (TPSA) is 127 Å². The van der Waals surface area contributed by atoms with E-state index in [9.17, 15) is 12.8 Å². The summed E-state index contributed by atoms with van der Waals surface area (Å²) in [5, 5.41) is 9.84. The molecular formula is C16H17FN6O2S. The second kappa shape index (κ2) is 6.37. The Labute approximate surface area is 149 Å². The average molecular weight is 376 g/mol. The molecular weight excluding hydrogens is 359 g/mol. The van der Waals surface area contributed by atoms with E-state index in [4.69, 9.17) is 5.73 Å². The van der Waals surface area contributed by atoms with Gasteiger partial charge in [0.05, 0.1) is 17.0 Å². The molecule has 26 heavy (non-hydrogen) atoms. The Hall–Kier alpha value is -3.01. The highest BCUT2D eigenvalue weighted by molar-refractivity contribution is 7.90. The minimum Gasteiger partial charge on any atom is -0.383 e. The van der Waals surface area contributed by atoms with E-state index in [1.807, 2.05) is 13.8 Å². The van der Waals surface area contributed by atoms with Crippen molar-refractivity contribution >= 4 is 27.3 Å². The van der Waals surface area contributed by atoms with Gasteiger partial charge in [-0.25, -0.2) is 17.8 Å². The van der Waals surface area contributed by atoms with Gasteiger partial charge in [0.15, 0.2) is 9.84 Å². The third-order valence-electron chi connectivity index (χ3n) is 3.93. The fraction of sp³-hybridized carbons (Fsp3) is 0.188. The second-order valence-electron chi connectivity index (χ2n) is 5.84. The first-order chi connectivity index (χ1) is 12.2. The largest absolute Gasteiger partial charge is 0.383 e. The molecule has 3 aromatic rings. The number of aromatic nitrogens is 4. The van der Waals surface area contributed by atoms with Gasteiger partial charge in [0.2, 0.25) is 5.95 Å². The van der Waals surface area contributed by atoms with E-state index in [1.54, 1.807) is 0 Å². The Morgan fingerprint density at radius 2 is 2.00 bits per heavy atom. The number of nitrogens with one attached hydrogen (secondary N) is 2. The summed E-state index contributed by atoms with van der Waals surface area (Å²) < 4.78 is 36.9. The van der Waals surface area contributed by atoms with E-state index < -0.39 is 20.5 Å². The SMILES string of the molecule is Cc1n[nH]c(-c2cnc(Nc3ccc(F)c(S(C)(=O)=O)c3)nc2N)c1C. The number of aromatic amines is 1. The van der Waals surface area contributed by atoms with Crippen molar-refractivity contribution in [2.24, 2.45) is 0 Å². The molecule has 0 unspecified atom stereocenters. The van der Waals surface area contributed by atoms with Crippen molar-refractivity contribution in [2.45, 2.75) is 18.7 Å². The van der Waals surface area contributed by atoms with Gasteiger partial charge in [0.25, 0.3) is 0 Å². The van der Waals surface area contributed by atoms with Crippen LogP contribution in [0.25, 0.3) is 11.3 Å². The van der Waals surface area contributed by atoms with Gasteiger partial charge in [-0.2, -0.15) is 10.1 Å². The van der Waals surface area contributed by atoms with Crippen LogP contribution in [0, 0.1) is 19.7 Å². The van der Waals surface area contributed by atoms with Crippen molar-refractivity contribution in [1.82, 2.24) is 20.2 Å². The number of aryl methyl sites for hydroxylation is 1. The first kappa shape index (κ1) is 17.8. The molecule has 0 amide bonds. The Bertz CT molecular complexity index is 1090. The van der Waals surface area contributed by atoms with E-state index >= 15 is 0 Å². The Morgan fingerprint density at radius 3 is 2.58 bits per heavy atom. The minimum absolute atomic E-state index is 0.159. The fourth-order valence-electron chi connectivity index (χ4n) is 2.39. The lowest BCUT2D eigenvalue weighted by molar-refractivity contribution is 0.571. The van der Waals surface area contributed by atoms with Crippen LogP contribution in [0.2, 0.25) is 0 Å². The molecule has 0 fully saturated rings. The summed E-state index contributed by atoms with van der Waals surface area (Å²) in [7, 11) is -3.69. The maximum atomic E-state index is 13.7. The molecule has 1 aromatic carbocycles. The smallest absolute Gasteiger partial charge is 0.229 e. The van der Waals surface area contributed by atoms with Gasteiger partial charge in [-0.3, -0.25) is 5.10 Å². The summed E-state index contributed by atoms with van der Waals surface area (Å²) in [4.78, 5) is 7.95. The van der Waals surface area contributed by atoms with Crippen LogP contribution in [0.4, 0.5) is 21.8 Å². The number of nitrogens with zero attached hydrogens (tertiary/aromatic N) is 3. The Kier molecular flexibility index (Phi) is 4.36. The van der Waals surface area contributed by atoms with Gasteiger partial charge in [0, 0.05) is 18.1 Å². The van der Waals surface area contributed by atoms with Gasteiger partial charge in [-0.05, 0) is 37.6 Å². The zero-order valence-corrected chi connectivity index (χ0v) is 15.1. The summed E-state index contributed by atoms with van der Waals surface area (Å²) in [5.74, 6) is -0.440. The summed E-state index contributed by atoms with van der Waals surface area (Å²) in [5.41, 5.74) is 9.46. The van der Waals surface area contributed by atoms with Gasteiger partial charge in [-0.1, -0.05) is 0 Å². The minimum atomic E-state index is -3.69. The summed E-state index contributed by atoms with van der Waals surface area (Å²) in [6.07, 6.45) is 2.47. The summed E-state index contributed by atoms with van der Waals surface area (Å²) >= 11 is 0. The maximum Gasteiger partial charge on any atom is 0.229 e. The zero-order chi connectivity index (χ0) is 19.1. The first-order valence-corrected chi connectivity index (χ1v) is 9.47. The number of anilines is 3. The van der Waals surface area contributed by atoms with Crippen molar-refractivity contribution in [3.05, 3.63) is 41.5 Å². The number of hydrogen-bond acceptors (Lipinski definition) is 7. The van der Waals surface area contributed by atoms with Crippen LogP contribution in [-0.4, -0.2) is 34.8 Å². The molecule has 3 rings (SSSR count). The van der Waals surface area contributed by atoms with Crippen LogP contribution in [0.3, 0.4) is 0 Å². The molecule has 2 heterocycles. The first-order valence-electron chi connectivity index (χ1n) is 7.58. The number of halogens is 1. The van der Waals surface area contributed by atoms with Gasteiger partial charge in [-0.15, -0.1) is 0 Å². The van der Waals surface area contributed by atoms with Crippen molar-refractivity contribution in [2.75, 3.05) is 17.3 Å². The van der Waals surface area contributed by atoms with Crippen molar-refractivity contribution in [1.29, 1.82) is 0 Å². The van der Waals surface area contributed by atoms with Crippen LogP contribution < -0.4 is 11.1 Å². The molecule has 2 aromatic heterocycles. The third-order valence-corrected chi connectivity index (χ3v) is 5.04. The molecule has 10 heteroatoms. The van der Waals surface area contributed by atoms with Crippen LogP contribution in [0.5, 0.6) is 0 Å². The number of sulfone groups is 1. The van der Waals surface area contributed by atoms with E-state index in [1.165, 1.54) is 18.3 Å². The van der Waals surface area contributed by atoms with Crippen LogP contribution in [-0.2, 0) is 9.84 Å². The molecule has 0 aliphatic carbocycles. The van der Waals surface area contributed by atoms with Crippen LogP contribution in [0.1, 0.15) is 11.3 Å². The lowest BCUT2D eigenvalue weighted by Gasteiger charge is -2.09. The van der Waals surface area contributed by atoms with E-state index in [0.717, 1.165) is 29.3 Å². The van der Waals surface area contributed by atoms with Gasteiger partial charge >= 0.3 is 0 Å². The molecule has 0 bridgehead atoms. The second-order valence-corrected chi connectivity index (χ2v) is 7.83. The molecule has 0 saturated heterocycles. The molecule has 4 N–H and O–H groups in total. The highest BCUT2D eigenvalue weighted by Gasteiger charge is 2.16. The number of benzene rings is 1. The predicted octanol–water partition coefficient (Wildman–Crippen LogP) is 2.35. The van der Waals surface area contributed by atoms with E-state index in [-0.39, 0.29) is 11.8 Å². The Morgan fingerprint density at radius 1 is 1.27 bits per heavy atom. The fourth-order valence-corrected chi connectivity index (χ4v) is 3.16. The van der Waals surface area contributed by atoms with E-state index in [2.05, 4.69) is 25.5 Å². The Balaban J connectivity index is 1.93. The summed E-state index contributed by atoms with van der Waals surface area (Å²) in [6, 6.07) is 3.63. The number of rotatable bonds is 4. The highest BCUT2D eigenvalue weighted by Crippen LogP contribution is 2.28. The molecule has 136 valence electrons. The number of nitrogens with two attached hydrogens (primary N) is 1. The molecule has 0 aliphatic heterocycles. The quantitative estimate of drug-likeness (QED) is 0.638. The molecule has 0 radical (unpaired) electrons. The lowest BCUT2D eigenvalue weighted by Crippen LogP contribution is -2.05. The lowest BCUT2D eigenvalue weighted by atomic mass is 10.1. The number of nitrogen functional groups attached to an aromatic ring is 1. The van der Waals surface area contributed by atoms with Crippen molar-refractivity contribution < 1.29 is 12.8 Å². The maximum absolute atomic E-state index is 13.7. The monoisotopic (exact) mass is 376 g/mol. The predicted molar refractivity (Wildman–Crippen MR) is 96.3 cm³/mol. The van der Waals surface area contributed by atoms with Crippen LogP contribution in [0.15, 0.2) is 29.3 Å². The standard InChI is InChI=1S/C16H17FN6O2S/c1-8-9(2)22-23-14(8)11-7-19-16(21-15(11)18)20-10-4-5-12(17)13(6-10)26(3,24)25/h4-7H,1-3H3,(H,22,23)(H3,18,19,20,21). The average Bonchev–Trinajstić information content (AvgIpc) is 2.88.